The van der Waals surface area contributed by atoms with E-state index in [1.807, 2.05) is 67.7 Å². The lowest BCUT2D eigenvalue weighted by Gasteiger charge is -2.44. The molecule has 0 spiro atoms. The summed E-state index contributed by atoms with van der Waals surface area (Å²) in [5.41, 5.74) is -4.58. The molecule has 1 aliphatic rings. The zero-order chi connectivity index (χ0) is 28.3. The van der Waals surface area contributed by atoms with Crippen LogP contribution in [0.4, 0.5) is 8.78 Å². The molecule has 1 saturated heterocycles. The molecule has 1 N–H and O–H groups in total. The van der Waals surface area contributed by atoms with Crippen LogP contribution in [0.2, 0.25) is 36.3 Å². The van der Waals surface area contributed by atoms with E-state index in [4.69, 9.17) is 27.9 Å². The molecule has 2 rings (SSSR count). The van der Waals surface area contributed by atoms with Crippen LogP contribution in [0.5, 0.6) is 0 Å². The number of aromatic nitrogens is 2. The van der Waals surface area contributed by atoms with Gasteiger partial charge in [-0.25, -0.2) is 9.18 Å². The number of halogens is 3. The Kier molecular flexibility index (Phi) is 7.36. The lowest BCUT2D eigenvalue weighted by atomic mass is 9.99. The van der Waals surface area contributed by atoms with Crippen LogP contribution in [0.3, 0.4) is 0 Å². The Hall–Kier alpha value is -0.856. The van der Waals surface area contributed by atoms with Crippen molar-refractivity contribution in [2.45, 2.75) is 102 Å². The normalized spacial score (nSPS) is 28.1. The minimum absolute atomic E-state index is 0.269. The summed E-state index contributed by atoms with van der Waals surface area (Å²) < 4.78 is 66.6. The molecule has 0 saturated carbocycles. The maximum absolute atomic E-state index is 16.3. The Morgan fingerprint density at radius 3 is 2.18 bits per heavy atom. The zero-order valence-electron chi connectivity index (χ0n) is 23.6. The second-order valence-electron chi connectivity index (χ2n) is 11.9. The molecule has 1 aromatic rings. The highest BCUT2D eigenvalue weighted by molar-refractivity contribution is 6.74. The van der Waals surface area contributed by atoms with E-state index in [1.165, 1.54) is 0 Å². The van der Waals surface area contributed by atoms with Gasteiger partial charge in [0.1, 0.15) is 11.7 Å². The first-order valence-corrected chi connectivity index (χ1v) is 17.4. The summed E-state index contributed by atoms with van der Waals surface area (Å²) in [6.07, 6.45) is -5.02. The average Bonchev–Trinajstić information content (AvgIpc) is 2.94. The summed E-state index contributed by atoms with van der Waals surface area (Å²) in [5.74, 6) is -4.04. The van der Waals surface area contributed by atoms with Crippen molar-refractivity contribution in [2.75, 3.05) is 12.4 Å². The first kappa shape index (κ1) is 26.2. The fraction of sp³-hybridized carbons (Fsp3) is 0.818. The van der Waals surface area contributed by atoms with Crippen molar-refractivity contribution in [2.24, 2.45) is 0 Å². The predicted octanol–water partition coefficient (Wildman–Crippen LogP) is 4.93. The molecule has 2 heterocycles. The van der Waals surface area contributed by atoms with E-state index in [-0.39, 0.29) is 5.04 Å². The third-order valence-electron chi connectivity index (χ3n) is 7.39. The van der Waals surface area contributed by atoms with Crippen molar-refractivity contribution >= 4 is 28.2 Å². The van der Waals surface area contributed by atoms with E-state index < -0.39 is 75.3 Å². The molecule has 12 heteroatoms. The number of ether oxygens (including phenoxy) is 1. The van der Waals surface area contributed by atoms with Crippen molar-refractivity contribution in [3.8, 4) is 0 Å². The summed E-state index contributed by atoms with van der Waals surface area (Å²) >= 11 is 6.28. The molecule has 1 aliphatic heterocycles. The fourth-order valence-electron chi connectivity index (χ4n) is 2.99. The first-order valence-electron chi connectivity index (χ1n) is 12.2. The van der Waals surface area contributed by atoms with Crippen LogP contribution >= 0.6 is 11.6 Å². The maximum Gasteiger partial charge on any atom is 0.330 e. The van der Waals surface area contributed by atoms with Crippen LogP contribution in [0.1, 0.15) is 50.5 Å². The second kappa shape index (κ2) is 9.55. The predicted molar refractivity (Wildman–Crippen MR) is 135 cm³/mol. The lowest BCUT2D eigenvalue weighted by Crippen LogP contribution is -2.57. The quantitative estimate of drug-likeness (QED) is 0.390. The van der Waals surface area contributed by atoms with E-state index in [1.54, 1.807) is 4.98 Å². The summed E-state index contributed by atoms with van der Waals surface area (Å²) in [4.78, 5) is 25.8. The Morgan fingerprint density at radius 1 is 1.18 bits per heavy atom. The van der Waals surface area contributed by atoms with Gasteiger partial charge in [0.05, 0.1) is 18.6 Å². The molecule has 34 heavy (non-hydrogen) atoms. The third kappa shape index (κ3) is 5.59. The highest BCUT2D eigenvalue weighted by Crippen LogP contribution is 2.47. The number of aromatic amines is 1. The van der Waals surface area contributed by atoms with E-state index in [9.17, 15) is 14.0 Å². The largest absolute Gasteiger partial charge is 0.414 e. The highest BCUT2D eigenvalue weighted by Gasteiger charge is 2.60. The molecular formula is C22H39ClF2N2O5Si2. The van der Waals surface area contributed by atoms with E-state index in [0.29, 0.717) is 10.8 Å². The number of hydrogen-bond acceptors (Lipinski definition) is 5. The van der Waals surface area contributed by atoms with Crippen molar-refractivity contribution in [3.63, 3.8) is 0 Å². The van der Waals surface area contributed by atoms with Gasteiger partial charge in [-0.2, -0.15) is 4.39 Å². The summed E-state index contributed by atoms with van der Waals surface area (Å²) in [5, 5.41) is -0.661. The molecule has 1 fully saturated rings. The van der Waals surface area contributed by atoms with Crippen molar-refractivity contribution in [1.82, 2.24) is 9.55 Å². The van der Waals surface area contributed by atoms with Gasteiger partial charge in [0, 0.05) is 2.74 Å². The van der Waals surface area contributed by atoms with Crippen LogP contribution in [-0.2, 0) is 13.6 Å². The van der Waals surface area contributed by atoms with Crippen LogP contribution in [0, 0.1) is 5.82 Å². The molecule has 0 aliphatic carbocycles. The van der Waals surface area contributed by atoms with Gasteiger partial charge >= 0.3 is 5.69 Å². The number of H-pyrrole nitrogens is 1. The van der Waals surface area contributed by atoms with Gasteiger partial charge in [-0.15, -0.1) is 11.6 Å². The first-order chi connectivity index (χ1) is 15.9. The second-order valence-corrected chi connectivity index (χ2v) is 21.7. The smallest absolute Gasteiger partial charge is 0.330 e. The Bertz CT molecular complexity index is 1080. The molecule has 7 nitrogen and oxygen atoms in total. The van der Waals surface area contributed by atoms with Crippen LogP contribution in [0.25, 0.3) is 0 Å². The number of hydrogen-bond donors (Lipinski definition) is 1. The van der Waals surface area contributed by atoms with Crippen molar-refractivity contribution < 1.29 is 25.1 Å². The molecule has 0 bridgehead atoms. The SMILES string of the molecule is [2H]C([2H])(Cl)[C@]1(CO[Si](C)(C)C(C)(C)C)O[C@@H](n2cc(F)c(=O)[nH]c2=O)[C@@H](F)[C@@H]1O[Si](C)(C)C(C)(C)C. The molecule has 4 atom stereocenters. The van der Waals surface area contributed by atoms with E-state index in [2.05, 4.69) is 0 Å². The molecule has 0 amide bonds. The number of alkyl halides is 2. The van der Waals surface area contributed by atoms with E-state index in [0.717, 1.165) is 0 Å². The molecule has 0 unspecified atom stereocenters. The van der Waals surface area contributed by atoms with Crippen LogP contribution in [-0.4, -0.2) is 56.5 Å². The molecule has 0 radical (unpaired) electrons. The Morgan fingerprint density at radius 2 is 1.71 bits per heavy atom. The summed E-state index contributed by atoms with van der Waals surface area (Å²) in [7, 11) is -5.29. The van der Waals surface area contributed by atoms with Gasteiger partial charge in [-0.3, -0.25) is 14.3 Å². The molecule has 0 aromatic carbocycles. The summed E-state index contributed by atoms with van der Waals surface area (Å²) in [6.45, 7) is 18.9. The maximum atomic E-state index is 16.3. The van der Waals surface area contributed by atoms with Crippen LogP contribution < -0.4 is 11.2 Å². The van der Waals surface area contributed by atoms with E-state index >= 15 is 4.39 Å². The van der Waals surface area contributed by atoms with Gasteiger partial charge in [0.25, 0.3) is 5.56 Å². The highest BCUT2D eigenvalue weighted by atomic mass is 35.5. The zero-order valence-corrected chi connectivity index (χ0v) is 24.4. The van der Waals surface area contributed by atoms with Crippen molar-refractivity contribution in [3.05, 3.63) is 32.9 Å². The monoisotopic (exact) mass is 542 g/mol. The third-order valence-corrected chi connectivity index (χ3v) is 16.6. The Balaban J connectivity index is 2.73. The minimum Gasteiger partial charge on any atom is -0.414 e. The average molecular weight is 543 g/mol. The molecule has 196 valence electrons. The van der Waals surface area contributed by atoms with Gasteiger partial charge in [-0.1, -0.05) is 41.5 Å². The lowest BCUT2D eigenvalue weighted by molar-refractivity contribution is -0.110. The van der Waals surface area contributed by atoms with Gasteiger partial charge in [-0.05, 0) is 36.3 Å². The molecular weight excluding hydrogens is 502 g/mol. The van der Waals surface area contributed by atoms with Gasteiger partial charge < -0.3 is 13.6 Å². The molecule has 1 aromatic heterocycles. The topological polar surface area (TPSA) is 82.5 Å². The fourth-order valence-corrected chi connectivity index (χ4v) is 5.52. The van der Waals surface area contributed by atoms with Gasteiger partial charge in [0.15, 0.2) is 29.0 Å². The minimum atomic E-state index is -2.76. The number of nitrogens with zero attached hydrogens (tertiary/aromatic N) is 1. The Labute approximate surface area is 210 Å². The standard InChI is InChI=1S/C22H39ClF2N2O5Si2/c1-20(2,3)33(7,8)30-13-22(12-23)16(32-34(9,10)21(4,5)6)15(25)18(31-22)27-11-14(24)17(28)26-19(27)29/h11,15-16,18H,12-13H2,1-10H3,(H,26,28,29)/t15-,16-,18+,22+/m0/s1/i12D2. The van der Waals surface area contributed by atoms with Gasteiger partial charge in [0.2, 0.25) is 5.82 Å². The van der Waals surface area contributed by atoms with Crippen molar-refractivity contribution in [1.29, 1.82) is 0 Å². The number of rotatable bonds is 7. The number of nitrogens with one attached hydrogen (secondary N) is 1. The van der Waals surface area contributed by atoms with Crippen LogP contribution in [0.15, 0.2) is 15.8 Å². The summed E-state index contributed by atoms with van der Waals surface area (Å²) in [6, 6.07) is 0.